The maximum Gasteiger partial charge on any atom is 0.163 e. The molecular formula is C12H21NOS. The number of ketones is 1. The topological polar surface area (TPSA) is 20.3 Å². The Morgan fingerprint density at radius 2 is 2.20 bits per heavy atom. The second-order valence-electron chi connectivity index (χ2n) is 5.08. The Kier molecular flexibility index (Phi) is 3.87. The van der Waals surface area contributed by atoms with E-state index < -0.39 is 0 Å². The van der Waals surface area contributed by atoms with Gasteiger partial charge in [0, 0.05) is 30.3 Å². The minimum Gasteiger partial charge on any atom is -0.366 e. The summed E-state index contributed by atoms with van der Waals surface area (Å²) in [5, 5.41) is 1.13. The molecule has 3 heteroatoms. The number of carbonyl (C=O) groups excluding carboxylic acids is 1. The molecule has 0 saturated carbocycles. The van der Waals surface area contributed by atoms with Gasteiger partial charge < -0.3 is 4.90 Å². The summed E-state index contributed by atoms with van der Waals surface area (Å²) in [6.07, 6.45) is 2.95. The van der Waals surface area contributed by atoms with Crippen LogP contribution >= 0.6 is 11.8 Å². The van der Waals surface area contributed by atoms with Gasteiger partial charge in [-0.1, -0.05) is 27.7 Å². The molecule has 1 atom stereocenters. The summed E-state index contributed by atoms with van der Waals surface area (Å²) in [6.45, 7) is 8.08. The van der Waals surface area contributed by atoms with Gasteiger partial charge in [-0.3, -0.25) is 4.79 Å². The normalized spacial score (nSPS) is 25.0. The minimum absolute atomic E-state index is 0.216. The number of nitrogens with zero attached hydrogens (tertiary/aromatic N) is 1. The quantitative estimate of drug-likeness (QED) is 0.677. The first-order valence-corrected chi connectivity index (χ1v) is 6.46. The zero-order chi connectivity index (χ0) is 11.6. The van der Waals surface area contributed by atoms with Crippen molar-refractivity contribution in [3.63, 3.8) is 0 Å². The number of thioether (sulfide) groups is 1. The van der Waals surface area contributed by atoms with Gasteiger partial charge in [0.1, 0.15) is 0 Å². The molecule has 0 aromatic rings. The van der Waals surface area contributed by atoms with Gasteiger partial charge in [0.2, 0.25) is 0 Å². The fourth-order valence-electron chi connectivity index (χ4n) is 1.44. The lowest BCUT2D eigenvalue weighted by Gasteiger charge is -2.21. The SMILES string of the molecule is CCC1CS/C(=C/C(=O)C(C)(C)C)N1C. The van der Waals surface area contributed by atoms with E-state index in [1.807, 2.05) is 20.8 Å². The van der Waals surface area contributed by atoms with Crippen LogP contribution in [0.25, 0.3) is 0 Å². The Balaban J connectivity index is 2.74. The molecule has 15 heavy (non-hydrogen) atoms. The zero-order valence-corrected chi connectivity index (χ0v) is 11.1. The van der Waals surface area contributed by atoms with E-state index in [-0.39, 0.29) is 11.2 Å². The molecule has 0 amide bonds. The van der Waals surface area contributed by atoms with E-state index in [2.05, 4.69) is 18.9 Å². The Labute approximate surface area is 97.1 Å². The third-order valence-electron chi connectivity index (χ3n) is 2.78. The number of hydrogen-bond acceptors (Lipinski definition) is 3. The van der Waals surface area contributed by atoms with Gasteiger partial charge in [0.05, 0.1) is 5.03 Å². The second-order valence-corrected chi connectivity index (χ2v) is 6.12. The summed E-state index contributed by atoms with van der Waals surface area (Å²) in [5.41, 5.74) is -0.265. The van der Waals surface area contributed by atoms with Gasteiger partial charge in [0.25, 0.3) is 0 Å². The molecule has 0 spiro atoms. The molecule has 1 saturated heterocycles. The Morgan fingerprint density at radius 3 is 2.60 bits per heavy atom. The van der Waals surface area contributed by atoms with Crippen LogP contribution in [0.4, 0.5) is 0 Å². The average Bonchev–Trinajstić information content (AvgIpc) is 2.46. The lowest BCUT2D eigenvalue weighted by molar-refractivity contribution is -0.121. The molecule has 1 aliphatic heterocycles. The van der Waals surface area contributed by atoms with Crippen LogP contribution in [-0.4, -0.2) is 29.5 Å². The summed E-state index contributed by atoms with van der Waals surface area (Å²) in [4.78, 5) is 14.1. The van der Waals surface area contributed by atoms with Gasteiger partial charge >= 0.3 is 0 Å². The zero-order valence-electron chi connectivity index (χ0n) is 10.3. The summed E-state index contributed by atoms with van der Waals surface area (Å²) >= 11 is 1.79. The minimum atomic E-state index is -0.265. The molecule has 1 aliphatic rings. The number of hydrogen-bond donors (Lipinski definition) is 0. The van der Waals surface area contributed by atoms with Crippen molar-refractivity contribution < 1.29 is 4.79 Å². The highest BCUT2D eigenvalue weighted by Gasteiger charge is 2.27. The molecule has 86 valence electrons. The van der Waals surface area contributed by atoms with E-state index in [0.717, 1.165) is 17.2 Å². The monoisotopic (exact) mass is 227 g/mol. The molecule has 2 nitrogen and oxygen atoms in total. The number of allylic oxidation sites excluding steroid dienone is 1. The van der Waals surface area contributed by atoms with Crippen LogP contribution in [0.5, 0.6) is 0 Å². The van der Waals surface area contributed by atoms with E-state index in [1.54, 1.807) is 17.8 Å². The van der Waals surface area contributed by atoms with Crippen molar-refractivity contribution in [3.8, 4) is 0 Å². The predicted octanol–water partition coefficient (Wildman–Crippen LogP) is 2.90. The molecule has 1 fully saturated rings. The maximum absolute atomic E-state index is 11.8. The highest BCUT2D eigenvalue weighted by molar-refractivity contribution is 8.03. The van der Waals surface area contributed by atoms with E-state index >= 15 is 0 Å². The van der Waals surface area contributed by atoms with Crippen molar-refractivity contribution in [2.45, 2.75) is 40.2 Å². The molecule has 0 bridgehead atoms. The maximum atomic E-state index is 11.8. The third-order valence-corrected chi connectivity index (χ3v) is 4.04. The van der Waals surface area contributed by atoms with Crippen LogP contribution in [-0.2, 0) is 4.79 Å². The van der Waals surface area contributed by atoms with Crippen molar-refractivity contribution in [3.05, 3.63) is 11.1 Å². The van der Waals surface area contributed by atoms with Crippen LogP contribution in [0, 0.1) is 5.41 Å². The first kappa shape index (κ1) is 12.6. The summed E-state index contributed by atoms with van der Waals surface area (Å²) < 4.78 is 0. The van der Waals surface area contributed by atoms with Crippen LogP contribution < -0.4 is 0 Å². The molecule has 0 radical (unpaired) electrons. The Hall–Kier alpha value is -0.440. The van der Waals surface area contributed by atoms with Crippen molar-refractivity contribution in [2.24, 2.45) is 5.41 Å². The van der Waals surface area contributed by atoms with Crippen molar-refractivity contribution in [2.75, 3.05) is 12.8 Å². The lowest BCUT2D eigenvalue weighted by atomic mass is 9.91. The first-order valence-electron chi connectivity index (χ1n) is 5.48. The molecule has 1 rings (SSSR count). The molecule has 0 aromatic carbocycles. The Morgan fingerprint density at radius 1 is 1.60 bits per heavy atom. The fraction of sp³-hybridized carbons (Fsp3) is 0.750. The molecular weight excluding hydrogens is 206 g/mol. The van der Waals surface area contributed by atoms with Gasteiger partial charge in [-0.2, -0.15) is 0 Å². The van der Waals surface area contributed by atoms with E-state index in [1.165, 1.54) is 0 Å². The van der Waals surface area contributed by atoms with Crippen molar-refractivity contribution in [1.29, 1.82) is 0 Å². The lowest BCUT2D eigenvalue weighted by Crippen LogP contribution is -2.26. The fourth-order valence-corrected chi connectivity index (χ4v) is 2.80. The molecule has 0 aromatic heterocycles. The largest absolute Gasteiger partial charge is 0.366 e. The van der Waals surface area contributed by atoms with Crippen molar-refractivity contribution in [1.82, 2.24) is 4.90 Å². The van der Waals surface area contributed by atoms with E-state index in [9.17, 15) is 4.79 Å². The Bertz CT molecular complexity index is 278. The molecule has 0 N–H and O–H groups in total. The first-order chi connectivity index (χ1) is 6.86. The summed E-state index contributed by atoms with van der Waals surface area (Å²) in [7, 11) is 2.08. The summed E-state index contributed by atoms with van der Waals surface area (Å²) in [6, 6.07) is 0.592. The van der Waals surface area contributed by atoms with Crippen molar-refractivity contribution >= 4 is 17.5 Å². The number of rotatable bonds is 2. The van der Waals surface area contributed by atoms with Gasteiger partial charge in [-0.05, 0) is 6.42 Å². The summed E-state index contributed by atoms with van der Waals surface area (Å²) in [5.74, 6) is 1.32. The molecule has 1 unspecified atom stereocenters. The van der Waals surface area contributed by atoms with Crippen LogP contribution in [0.15, 0.2) is 11.1 Å². The van der Waals surface area contributed by atoms with Gasteiger partial charge in [-0.25, -0.2) is 0 Å². The third kappa shape index (κ3) is 3.00. The molecule has 1 heterocycles. The van der Waals surface area contributed by atoms with Gasteiger partial charge in [0.15, 0.2) is 5.78 Å². The molecule has 0 aliphatic carbocycles. The number of carbonyl (C=O) groups is 1. The van der Waals surface area contributed by atoms with Crippen LogP contribution in [0.3, 0.4) is 0 Å². The van der Waals surface area contributed by atoms with E-state index in [0.29, 0.717) is 6.04 Å². The second kappa shape index (κ2) is 4.60. The predicted molar refractivity (Wildman–Crippen MR) is 66.8 cm³/mol. The van der Waals surface area contributed by atoms with E-state index in [4.69, 9.17) is 0 Å². The highest BCUT2D eigenvalue weighted by atomic mass is 32.2. The van der Waals surface area contributed by atoms with Crippen LogP contribution in [0.1, 0.15) is 34.1 Å². The standard InChI is InChI=1S/C12H21NOS/c1-6-9-8-15-11(13(9)5)7-10(14)12(2,3)4/h7,9H,6,8H2,1-5H3/b11-7+. The smallest absolute Gasteiger partial charge is 0.163 e. The average molecular weight is 227 g/mol. The van der Waals surface area contributed by atoms with Gasteiger partial charge in [-0.15, -0.1) is 11.8 Å². The highest BCUT2D eigenvalue weighted by Crippen LogP contribution is 2.33. The van der Waals surface area contributed by atoms with Crippen LogP contribution in [0.2, 0.25) is 0 Å².